The summed E-state index contributed by atoms with van der Waals surface area (Å²) in [6, 6.07) is 16.1. The van der Waals surface area contributed by atoms with Crippen LogP contribution >= 0.6 is 0 Å². The number of methoxy groups -OCH3 is 1. The normalized spacial score (nSPS) is 16.9. The van der Waals surface area contributed by atoms with Crippen LogP contribution in [0.15, 0.2) is 59.5 Å². The molecular formula is C21H27N3O4S. The van der Waals surface area contributed by atoms with Crippen molar-refractivity contribution in [1.29, 1.82) is 0 Å². The minimum atomic E-state index is -3.54. The smallest absolute Gasteiger partial charge is 0.243 e. The van der Waals surface area contributed by atoms with Crippen LogP contribution in [0, 0.1) is 0 Å². The Morgan fingerprint density at radius 3 is 2.24 bits per heavy atom. The van der Waals surface area contributed by atoms with Gasteiger partial charge in [0, 0.05) is 26.2 Å². The van der Waals surface area contributed by atoms with Crippen LogP contribution in [0.4, 0.5) is 0 Å². The lowest BCUT2D eigenvalue weighted by atomic mass is 10.1. The van der Waals surface area contributed by atoms with Crippen LogP contribution in [0.2, 0.25) is 0 Å². The van der Waals surface area contributed by atoms with Gasteiger partial charge in [-0.05, 0) is 36.8 Å². The Kier molecular flexibility index (Phi) is 6.89. The van der Waals surface area contributed by atoms with E-state index in [2.05, 4.69) is 5.32 Å². The van der Waals surface area contributed by atoms with Crippen molar-refractivity contribution in [3.8, 4) is 5.75 Å². The van der Waals surface area contributed by atoms with E-state index in [0.717, 1.165) is 5.56 Å². The van der Waals surface area contributed by atoms with Crippen LogP contribution in [0.1, 0.15) is 18.5 Å². The number of carbonyl (C=O) groups is 1. The lowest BCUT2D eigenvalue weighted by Gasteiger charge is -2.33. The van der Waals surface area contributed by atoms with Gasteiger partial charge in [-0.25, -0.2) is 8.42 Å². The fourth-order valence-electron chi connectivity index (χ4n) is 3.34. The maximum absolute atomic E-state index is 12.8. The average molecular weight is 418 g/mol. The van der Waals surface area contributed by atoms with E-state index in [-0.39, 0.29) is 23.4 Å². The van der Waals surface area contributed by atoms with E-state index in [4.69, 9.17) is 4.74 Å². The van der Waals surface area contributed by atoms with Crippen LogP contribution in [0.3, 0.4) is 0 Å². The molecule has 0 bridgehead atoms. The topological polar surface area (TPSA) is 79.0 Å². The minimum absolute atomic E-state index is 0.0622. The van der Waals surface area contributed by atoms with Crippen molar-refractivity contribution in [2.24, 2.45) is 0 Å². The fraction of sp³-hybridized carbons (Fsp3) is 0.381. The molecule has 8 heteroatoms. The molecule has 1 heterocycles. The molecule has 0 spiro atoms. The third-order valence-electron chi connectivity index (χ3n) is 5.07. The van der Waals surface area contributed by atoms with Crippen molar-refractivity contribution < 1.29 is 17.9 Å². The minimum Gasteiger partial charge on any atom is -0.497 e. The Morgan fingerprint density at radius 2 is 1.66 bits per heavy atom. The van der Waals surface area contributed by atoms with E-state index >= 15 is 0 Å². The van der Waals surface area contributed by atoms with E-state index in [1.165, 1.54) is 4.31 Å². The van der Waals surface area contributed by atoms with Gasteiger partial charge in [-0.2, -0.15) is 4.31 Å². The van der Waals surface area contributed by atoms with Gasteiger partial charge in [0.25, 0.3) is 0 Å². The van der Waals surface area contributed by atoms with Gasteiger partial charge in [0.2, 0.25) is 15.9 Å². The second-order valence-corrected chi connectivity index (χ2v) is 8.99. The molecule has 1 aliphatic rings. The molecule has 7 nitrogen and oxygen atoms in total. The highest BCUT2D eigenvalue weighted by Crippen LogP contribution is 2.20. The van der Waals surface area contributed by atoms with Crippen molar-refractivity contribution in [3.05, 3.63) is 60.2 Å². The number of nitrogens with one attached hydrogen (secondary N) is 1. The summed E-state index contributed by atoms with van der Waals surface area (Å²) in [4.78, 5) is 14.6. The number of hydrogen-bond acceptors (Lipinski definition) is 5. The van der Waals surface area contributed by atoms with Gasteiger partial charge in [-0.3, -0.25) is 9.69 Å². The van der Waals surface area contributed by atoms with Crippen LogP contribution in [0.25, 0.3) is 0 Å². The molecule has 156 valence electrons. The molecule has 1 saturated heterocycles. The predicted octanol–water partition coefficient (Wildman–Crippen LogP) is 1.88. The number of ether oxygens (including phenoxy) is 1. The zero-order chi connectivity index (χ0) is 20.9. The zero-order valence-corrected chi connectivity index (χ0v) is 17.6. The highest BCUT2D eigenvalue weighted by molar-refractivity contribution is 7.89. The fourth-order valence-corrected chi connectivity index (χ4v) is 4.76. The summed E-state index contributed by atoms with van der Waals surface area (Å²) < 4.78 is 32.2. The SMILES string of the molecule is COc1ccc(S(=O)(=O)N2CCN(CC(=O)N[C@@H](C)c3ccccc3)CC2)cc1. The highest BCUT2D eigenvalue weighted by Gasteiger charge is 2.29. The Labute approximate surface area is 172 Å². The summed E-state index contributed by atoms with van der Waals surface area (Å²) in [6.07, 6.45) is 0. The molecule has 1 N–H and O–H groups in total. The Balaban J connectivity index is 1.51. The summed E-state index contributed by atoms with van der Waals surface area (Å²) in [6.45, 7) is 3.96. The van der Waals surface area contributed by atoms with Gasteiger partial charge in [0.05, 0.1) is 24.6 Å². The number of amides is 1. The quantitative estimate of drug-likeness (QED) is 0.744. The Morgan fingerprint density at radius 1 is 1.03 bits per heavy atom. The molecule has 2 aromatic rings. The molecule has 0 radical (unpaired) electrons. The van der Waals surface area contributed by atoms with Crippen LogP contribution in [-0.2, 0) is 14.8 Å². The van der Waals surface area contributed by atoms with Gasteiger partial charge >= 0.3 is 0 Å². The number of rotatable bonds is 7. The summed E-state index contributed by atoms with van der Waals surface area (Å²) in [7, 11) is -2.00. The summed E-state index contributed by atoms with van der Waals surface area (Å²) in [5.74, 6) is 0.553. The maximum Gasteiger partial charge on any atom is 0.243 e. The molecule has 1 amide bonds. The lowest BCUT2D eigenvalue weighted by Crippen LogP contribution is -2.51. The number of piperazine rings is 1. The maximum atomic E-state index is 12.8. The molecule has 0 aromatic heterocycles. The lowest BCUT2D eigenvalue weighted by molar-refractivity contribution is -0.123. The summed E-state index contributed by atoms with van der Waals surface area (Å²) >= 11 is 0. The van der Waals surface area contributed by atoms with Crippen LogP contribution in [0.5, 0.6) is 5.75 Å². The first kappa shape index (κ1) is 21.3. The molecule has 3 rings (SSSR count). The van der Waals surface area contributed by atoms with Crippen molar-refractivity contribution in [1.82, 2.24) is 14.5 Å². The molecule has 29 heavy (non-hydrogen) atoms. The molecule has 1 atom stereocenters. The number of benzene rings is 2. The molecular weight excluding hydrogens is 390 g/mol. The van der Waals surface area contributed by atoms with Gasteiger partial charge in [0.1, 0.15) is 5.75 Å². The standard InChI is InChI=1S/C21H27N3O4S/c1-17(18-6-4-3-5-7-18)22-21(25)16-23-12-14-24(15-13-23)29(26,27)20-10-8-19(28-2)9-11-20/h3-11,17H,12-16H2,1-2H3,(H,22,25)/t17-/m0/s1. The van der Waals surface area contributed by atoms with Crippen LogP contribution in [-0.4, -0.2) is 63.4 Å². The number of carbonyl (C=O) groups excluding carboxylic acids is 1. The first-order valence-corrected chi connectivity index (χ1v) is 11.0. The average Bonchev–Trinajstić information content (AvgIpc) is 2.74. The second-order valence-electron chi connectivity index (χ2n) is 7.06. The number of nitrogens with zero attached hydrogens (tertiary/aromatic N) is 2. The van der Waals surface area contributed by atoms with E-state index in [1.807, 2.05) is 42.2 Å². The first-order valence-electron chi connectivity index (χ1n) is 9.61. The second kappa shape index (κ2) is 9.39. The van der Waals surface area contributed by atoms with Gasteiger partial charge in [-0.15, -0.1) is 0 Å². The summed E-state index contributed by atoms with van der Waals surface area (Å²) in [5.41, 5.74) is 1.05. The number of hydrogen-bond donors (Lipinski definition) is 1. The van der Waals surface area contributed by atoms with E-state index in [0.29, 0.717) is 31.9 Å². The Hall–Kier alpha value is -2.42. The molecule has 0 aliphatic carbocycles. The third-order valence-corrected chi connectivity index (χ3v) is 6.99. The zero-order valence-electron chi connectivity index (χ0n) is 16.7. The number of sulfonamides is 1. The molecule has 2 aromatic carbocycles. The molecule has 1 fully saturated rings. The van der Waals surface area contributed by atoms with E-state index in [9.17, 15) is 13.2 Å². The van der Waals surface area contributed by atoms with Gasteiger partial charge < -0.3 is 10.1 Å². The monoisotopic (exact) mass is 417 g/mol. The van der Waals surface area contributed by atoms with Crippen molar-refractivity contribution >= 4 is 15.9 Å². The van der Waals surface area contributed by atoms with Crippen molar-refractivity contribution in [3.63, 3.8) is 0 Å². The van der Waals surface area contributed by atoms with Crippen LogP contribution < -0.4 is 10.1 Å². The summed E-state index contributed by atoms with van der Waals surface area (Å²) in [5, 5.41) is 3.00. The van der Waals surface area contributed by atoms with Gasteiger partial charge in [0.15, 0.2) is 0 Å². The Bertz CT molecular complexity index is 909. The van der Waals surface area contributed by atoms with Crippen molar-refractivity contribution in [2.45, 2.75) is 17.9 Å². The van der Waals surface area contributed by atoms with E-state index < -0.39 is 10.0 Å². The predicted molar refractivity (Wildman–Crippen MR) is 111 cm³/mol. The first-order chi connectivity index (χ1) is 13.9. The van der Waals surface area contributed by atoms with Crippen molar-refractivity contribution in [2.75, 3.05) is 39.8 Å². The third kappa shape index (κ3) is 5.35. The van der Waals surface area contributed by atoms with Gasteiger partial charge in [-0.1, -0.05) is 30.3 Å². The van der Waals surface area contributed by atoms with E-state index in [1.54, 1.807) is 31.4 Å². The molecule has 0 unspecified atom stereocenters. The molecule has 0 saturated carbocycles. The largest absolute Gasteiger partial charge is 0.497 e. The molecule has 1 aliphatic heterocycles. The highest BCUT2D eigenvalue weighted by atomic mass is 32.2.